The van der Waals surface area contributed by atoms with E-state index >= 15 is 0 Å². The predicted molar refractivity (Wildman–Crippen MR) is 80.8 cm³/mol. The number of nitrogens with one attached hydrogen (secondary N) is 1. The molecule has 1 aliphatic rings. The smallest absolute Gasteiger partial charge is 0.0455 e. The lowest BCUT2D eigenvalue weighted by molar-refractivity contribution is 0.422. The number of hydrogen-bond acceptors (Lipinski definition) is 2. The van der Waals surface area contributed by atoms with E-state index in [9.17, 15) is 0 Å². The lowest BCUT2D eigenvalue weighted by Gasteiger charge is -2.21. The van der Waals surface area contributed by atoms with Crippen molar-refractivity contribution in [2.45, 2.75) is 25.8 Å². The molecule has 0 heterocycles. The SMILES string of the molecule is CC(CNC(CN)c1ccc(Cl)cc1Br)C1CC1. The van der Waals surface area contributed by atoms with E-state index in [4.69, 9.17) is 17.3 Å². The van der Waals surface area contributed by atoms with Crippen LogP contribution in [0.25, 0.3) is 0 Å². The second-order valence-corrected chi connectivity index (χ2v) is 6.47. The topological polar surface area (TPSA) is 38.0 Å². The van der Waals surface area contributed by atoms with Gasteiger partial charge in [0, 0.05) is 22.1 Å². The number of hydrogen-bond donors (Lipinski definition) is 2. The summed E-state index contributed by atoms with van der Waals surface area (Å²) in [4.78, 5) is 0. The molecule has 0 aromatic heterocycles. The highest BCUT2D eigenvalue weighted by Gasteiger charge is 2.28. The quantitative estimate of drug-likeness (QED) is 0.833. The highest BCUT2D eigenvalue weighted by atomic mass is 79.9. The Kier molecular flexibility index (Phi) is 5.07. The minimum atomic E-state index is 0.192. The summed E-state index contributed by atoms with van der Waals surface area (Å²) >= 11 is 9.52. The third-order valence-corrected chi connectivity index (χ3v) is 4.61. The summed E-state index contributed by atoms with van der Waals surface area (Å²) in [6, 6.07) is 6.07. The molecule has 3 N–H and O–H groups in total. The fraction of sp³-hybridized carbons (Fsp3) is 0.571. The average Bonchev–Trinajstić information content (AvgIpc) is 3.15. The van der Waals surface area contributed by atoms with Crippen LogP contribution in [0.5, 0.6) is 0 Å². The van der Waals surface area contributed by atoms with Crippen LogP contribution >= 0.6 is 27.5 Å². The third kappa shape index (κ3) is 3.70. The van der Waals surface area contributed by atoms with Crippen molar-refractivity contribution < 1.29 is 0 Å². The molecule has 1 fully saturated rings. The van der Waals surface area contributed by atoms with Gasteiger partial charge >= 0.3 is 0 Å². The van der Waals surface area contributed by atoms with E-state index in [2.05, 4.69) is 28.2 Å². The van der Waals surface area contributed by atoms with Crippen molar-refractivity contribution in [1.29, 1.82) is 0 Å². The van der Waals surface area contributed by atoms with E-state index in [1.807, 2.05) is 18.2 Å². The van der Waals surface area contributed by atoms with Crippen LogP contribution in [0.2, 0.25) is 5.02 Å². The second kappa shape index (κ2) is 6.38. The standard InChI is InChI=1S/C14H20BrClN2/c1-9(10-2-3-10)8-18-14(7-17)12-5-4-11(16)6-13(12)15/h4-6,9-10,14,18H,2-3,7-8,17H2,1H3. The zero-order valence-electron chi connectivity index (χ0n) is 10.6. The van der Waals surface area contributed by atoms with Gasteiger partial charge in [0.2, 0.25) is 0 Å². The molecule has 2 nitrogen and oxygen atoms in total. The van der Waals surface area contributed by atoms with Crippen LogP contribution in [0.3, 0.4) is 0 Å². The van der Waals surface area contributed by atoms with Gasteiger partial charge in [0.25, 0.3) is 0 Å². The van der Waals surface area contributed by atoms with E-state index in [0.29, 0.717) is 6.54 Å². The Morgan fingerprint density at radius 3 is 2.78 bits per heavy atom. The van der Waals surface area contributed by atoms with E-state index in [1.54, 1.807) is 0 Å². The molecule has 2 atom stereocenters. The molecule has 100 valence electrons. The van der Waals surface area contributed by atoms with Crippen LogP contribution in [-0.4, -0.2) is 13.1 Å². The zero-order chi connectivity index (χ0) is 13.1. The monoisotopic (exact) mass is 330 g/mol. The van der Waals surface area contributed by atoms with Crippen LogP contribution in [0.4, 0.5) is 0 Å². The van der Waals surface area contributed by atoms with Crippen LogP contribution in [0.1, 0.15) is 31.4 Å². The minimum absolute atomic E-state index is 0.192. The summed E-state index contributed by atoms with van der Waals surface area (Å²) in [6.45, 7) is 3.94. The lowest BCUT2D eigenvalue weighted by Crippen LogP contribution is -2.32. The molecule has 1 aromatic rings. The number of rotatable bonds is 6. The summed E-state index contributed by atoms with van der Waals surface area (Å²) in [6.07, 6.45) is 2.78. The summed E-state index contributed by atoms with van der Waals surface area (Å²) in [5, 5.41) is 4.31. The molecule has 0 saturated heterocycles. The number of halogens is 2. The molecule has 2 unspecified atom stereocenters. The Morgan fingerprint density at radius 2 is 2.22 bits per heavy atom. The first-order chi connectivity index (χ1) is 8.61. The molecule has 0 radical (unpaired) electrons. The van der Waals surface area contributed by atoms with Gasteiger partial charge in [-0.1, -0.05) is 40.5 Å². The Morgan fingerprint density at radius 1 is 1.50 bits per heavy atom. The first kappa shape index (κ1) is 14.3. The molecule has 2 rings (SSSR count). The van der Waals surface area contributed by atoms with E-state index in [1.165, 1.54) is 18.4 Å². The molecular weight excluding hydrogens is 312 g/mol. The van der Waals surface area contributed by atoms with Gasteiger partial charge in [-0.05, 0) is 48.9 Å². The van der Waals surface area contributed by atoms with Gasteiger partial charge in [0.05, 0.1) is 0 Å². The third-order valence-electron chi connectivity index (χ3n) is 3.69. The Bertz CT molecular complexity index is 407. The highest BCUT2D eigenvalue weighted by Crippen LogP contribution is 2.36. The second-order valence-electron chi connectivity index (χ2n) is 5.18. The molecule has 1 aromatic carbocycles. The first-order valence-electron chi connectivity index (χ1n) is 6.50. The van der Waals surface area contributed by atoms with Crippen molar-refractivity contribution in [3.05, 3.63) is 33.3 Å². The summed E-state index contributed by atoms with van der Waals surface area (Å²) in [5.41, 5.74) is 7.06. The van der Waals surface area contributed by atoms with Crippen LogP contribution in [0, 0.1) is 11.8 Å². The van der Waals surface area contributed by atoms with Crippen LogP contribution in [0.15, 0.2) is 22.7 Å². The fourth-order valence-electron chi connectivity index (χ4n) is 2.26. The van der Waals surface area contributed by atoms with E-state index < -0.39 is 0 Å². The van der Waals surface area contributed by atoms with Crippen molar-refractivity contribution in [1.82, 2.24) is 5.32 Å². The molecule has 0 bridgehead atoms. The van der Waals surface area contributed by atoms with Gasteiger partial charge in [0.15, 0.2) is 0 Å². The summed E-state index contributed by atoms with van der Waals surface area (Å²) < 4.78 is 1.03. The number of benzene rings is 1. The minimum Gasteiger partial charge on any atom is -0.329 e. The Labute approximate surface area is 122 Å². The highest BCUT2D eigenvalue weighted by molar-refractivity contribution is 9.10. The summed E-state index contributed by atoms with van der Waals surface area (Å²) in [7, 11) is 0. The Hall–Kier alpha value is -0.0900. The molecule has 18 heavy (non-hydrogen) atoms. The molecule has 1 saturated carbocycles. The van der Waals surface area contributed by atoms with Gasteiger partial charge in [-0.15, -0.1) is 0 Å². The van der Waals surface area contributed by atoms with E-state index in [0.717, 1.165) is 27.9 Å². The van der Waals surface area contributed by atoms with Gasteiger partial charge in [-0.3, -0.25) is 0 Å². The summed E-state index contributed by atoms with van der Waals surface area (Å²) in [5.74, 6) is 1.66. The molecular formula is C14H20BrClN2. The Balaban J connectivity index is 1.98. The molecule has 0 aliphatic heterocycles. The fourth-order valence-corrected chi connectivity index (χ4v) is 3.22. The normalized spacial score (nSPS) is 18.7. The van der Waals surface area contributed by atoms with Gasteiger partial charge in [-0.25, -0.2) is 0 Å². The van der Waals surface area contributed by atoms with Crippen LogP contribution in [-0.2, 0) is 0 Å². The van der Waals surface area contributed by atoms with Crippen LogP contribution < -0.4 is 11.1 Å². The van der Waals surface area contributed by atoms with Gasteiger partial charge in [0.1, 0.15) is 0 Å². The van der Waals surface area contributed by atoms with Crippen molar-refractivity contribution >= 4 is 27.5 Å². The zero-order valence-corrected chi connectivity index (χ0v) is 13.0. The van der Waals surface area contributed by atoms with Crippen molar-refractivity contribution in [2.75, 3.05) is 13.1 Å². The molecule has 1 aliphatic carbocycles. The first-order valence-corrected chi connectivity index (χ1v) is 7.67. The lowest BCUT2D eigenvalue weighted by atomic mass is 10.0. The largest absolute Gasteiger partial charge is 0.329 e. The van der Waals surface area contributed by atoms with Gasteiger partial charge < -0.3 is 11.1 Å². The van der Waals surface area contributed by atoms with Crippen molar-refractivity contribution in [2.24, 2.45) is 17.6 Å². The maximum atomic E-state index is 5.96. The maximum Gasteiger partial charge on any atom is 0.0455 e. The maximum absolute atomic E-state index is 5.96. The predicted octanol–water partition coefficient (Wildman–Crippen LogP) is 3.74. The molecule has 0 amide bonds. The van der Waals surface area contributed by atoms with Crippen molar-refractivity contribution in [3.8, 4) is 0 Å². The van der Waals surface area contributed by atoms with E-state index in [-0.39, 0.29) is 6.04 Å². The molecule has 0 spiro atoms. The van der Waals surface area contributed by atoms with Gasteiger partial charge in [-0.2, -0.15) is 0 Å². The molecule has 4 heteroatoms. The van der Waals surface area contributed by atoms with Crippen molar-refractivity contribution in [3.63, 3.8) is 0 Å². The average molecular weight is 332 g/mol. The number of nitrogens with two attached hydrogens (primary N) is 1.